The zero-order valence-electron chi connectivity index (χ0n) is 39.2. The number of ether oxygens (including phenoxy) is 2. The number of hydrogen-bond acceptors (Lipinski definition) is 9. The summed E-state index contributed by atoms with van der Waals surface area (Å²) in [6.07, 6.45) is 3.89. The van der Waals surface area contributed by atoms with Crippen molar-refractivity contribution in [2.24, 2.45) is 23.7 Å². The second-order valence-electron chi connectivity index (χ2n) is 19.0. The van der Waals surface area contributed by atoms with E-state index in [0.717, 1.165) is 79.5 Å². The number of likely N-dealkylation sites (tertiary alicyclic amines) is 2. The molecule has 2 aliphatic heterocycles. The number of nitrogens with one attached hydrogen (secondary N) is 4. The van der Waals surface area contributed by atoms with Crippen molar-refractivity contribution < 1.29 is 33.1 Å². The van der Waals surface area contributed by atoms with E-state index in [9.17, 15) is 19.2 Å². The lowest BCUT2D eigenvalue weighted by Gasteiger charge is -2.30. The highest BCUT2D eigenvalue weighted by atomic mass is 16.5. The number of carbonyl (C=O) groups excluding carboxylic acids is 4. The van der Waals surface area contributed by atoms with Gasteiger partial charge in [-0.2, -0.15) is 0 Å². The number of hydrogen-bond donors (Lipinski definition) is 4. The third-order valence-corrected chi connectivity index (χ3v) is 13.5. The van der Waals surface area contributed by atoms with Gasteiger partial charge in [0.15, 0.2) is 0 Å². The predicted octanol–water partition coefficient (Wildman–Crippen LogP) is 9.72. The van der Waals surface area contributed by atoms with Crippen LogP contribution in [-0.2, 0) is 19.1 Å². The number of methoxy groups -OCH3 is 2. The van der Waals surface area contributed by atoms with Crippen LogP contribution < -0.4 is 10.6 Å². The third-order valence-electron chi connectivity index (χ3n) is 13.5. The Kier molecular flexibility index (Phi) is 12.3. The molecule has 0 spiro atoms. The van der Waals surface area contributed by atoms with Gasteiger partial charge in [0.25, 0.3) is 0 Å². The Labute approximate surface area is 389 Å². The topological polar surface area (TPSA) is 188 Å². The molecule has 4 N–H and O–H groups in total. The maximum Gasteiger partial charge on any atom is 0.407 e. The summed E-state index contributed by atoms with van der Waals surface area (Å²) in [5, 5.41) is 7.56. The minimum Gasteiger partial charge on any atom is -0.456 e. The molecule has 348 valence electrons. The van der Waals surface area contributed by atoms with Crippen LogP contribution in [0.2, 0.25) is 0 Å². The number of fused-ring (bicyclic) bond motifs is 5. The molecule has 2 aliphatic rings. The smallest absolute Gasteiger partial charge is 0.407 e. The van der Waals surface area contributed by atoms with Gasteiger partial charge in [-0.3, -0.25) is 9.59 Å². The highest BCUT2D eigenvalue weighted by molar-refractivity contribution is 6.19. The van der Waals surface area contributed by atoms with Crippen molar-refractivity contribution in [3.05, 3.63) is 96.8 Å². The largest absolute Gasteiger partial charge is 0.456 e. The first kappa shape index (κ1) is 45.0. The molecule has 2 bridgehead atoms. The number of aromatic nitrogens is 4. The van der Waals surface area contributed by atoms with Crippen LogP contribution in [0.3, 0.4) is 0 Å². The molecule has 7 aromatic rings. The van der Waals surface area contributed by atoms with Crippen molar-refractivity contribution in [2.75, 3.05) is 27.3 Å². The highest BCUT2D eigenvalue weighted by Gasteiger charge is 2.41. The van der Waals surface area contributed by atoms with Gasteiger partial charge in [-0.1, -0.05) is 102 Å². The van der Waals surface area contributed by atoms with Gasteiger partial charge in [-0.15, -0.1) is 0 Å². The molecule has 0 aliphatic carbocycles. The van der Waals surface area contributed by atoms with Gasteiger partial charge < -0.3 is 44.3 Å². The maximum absolute atomic E-state index is 13.8. The van der Waals surface area contributed by atoms with Crippen molar-refractivity contribution in [2.45, 2.75) is 78.6 Å². The first-order chi connectivity index (χ1) is 32.2. The Morgan fingerprint density at radius 3 is 1.33 bits per heavy atom. The van der Waals surface area contributed by atoms with Crippen LogP contribution in [0.15, 0.2) is 89.6 Å². The molecule has 67 heavy (non-hydrogen) atoms. The number of aromatic amines is 2. The van der Waals surface area contributed by atoms with E-state index in [1.165, 1.54) is 14.2 Å². The van der Waals surface area contributed by atoms with Crippen LogP contribution in [-0.4, -0.2) is 93.1 Å². The fraction of sp³-hybridized carbons (Fsp3) is 0.385. The van der Waals surface area contributed by atoms with Crippen molar-refractivity contribution >= 4 is 45.9 Å². The van der Waals surface area contributed by atoms with Crippen LogP contribution in [0.5, 0.6) is 0 Å². The van der Waals surface area contributed by atoms with E-state index in [-0.39, 0.29) is 47.6 Å². The lowest BCUT2D eigenvalue weighted by atomic mass is 9.91. The Hall–Kier alpha value is -7.16. The minimum absolute atomic E-state index is 0.124. The molecule has 2 fully saturated rings. The van der Waals surface area contributed by atoms with Gasteiger partial charge in [-0.05, 0) is 82.0 Å². The average molecular weight is 907 g/mol. The zero-order valence-corrected chi connectivity index (χ0v) is 39.2. The first-order valence-electron chi connectivity index (χ1n) is 23.1. The van der Waals surface area contributed by atoms with Crippen molar-refractivity contribution in [1.29, 1.82) is 0 Å². The van der Waals surface area contributed by atoms with E-state index < -0.39 is 24.3 Å². The number of carbonyl (C=O) groups is 4. The summed E-state index contributed by atoms with van der Waals surface area (Å²) in [6.45, 7) is 13.0. The van der Waals surface area contributed by atoms with Crippen molar-refractivity contribution in [3.8, 4) is 44.8 Å². The number of alkyl carbamates (subject to hydrolysis) is 2. The highest BCUT2D eigenvalue weighted by Crippen LogP contribution is 2.45. The minimum atomic E-state index is -0.711. The summed E-state index contributed by atoms with van der Waals surface area (Å²) in [5.41, 5.74) is 9.50. The van der Waals surface area contributed by atoms with Crippen molar-refractivity contribution in [3.63, 3.8) is 0 Å². The predicted molar refractivity (Wildman–Crippen MR) is 256 cm³/mol. The zero-order chi connectivity index (χ0) is 47.3. The van der Waals surface area contributed by atoms with E-state index in [2.05, 4.69) is 95.1 Å². The average Bonchev–Trinajstić information content (AvgIpc) is 4.21. The molecule has 6 atom stereocenters. The lowest BCUT2D eigenvalue weighted by Crippen LogP contribution is -2.51. The SMILES string of the molecule is COC(=O)N[C@H](C(=O)N1C[C@H](C)C[C@H]1c1ncc(-c2ccc(-c3ccc(-c4ccc(-c5cnc([C@@H]6C[C@@H](C)CN6C(=O)[C@@H](NC(=O)OC)C(C)C)[nH]5)cc4)c4c5ccc(o5)c34)cc2)[nH]1)C(C)C. The van der Waals surface area contributed by atoms with Crippen LogP contribution >= 0.6 is 0 Å². The molecule has 15 nitrogen and oxygen atoms in total. The Morgan fingerprint density at radius 2 is 0.970 bits per heavy atom. The molecule has 6 heterocycles. The summed E-state index contributed by atoms with van der Waals surface area (Å²) >= 11 is 0. The number of imidazole rings is 2. The summed E-state index contributed by atoms with van der Waals surface area (Å²) in [6, 6.07) is 23.2. The summed E-state index contributed by atoms with van der Waals surface area (Å²) in [7, 11) is 2.59. The van der Waals surface area contributed by atoms with E-state index in [1.54, 1.807) is 0 Å². The molecule has 4 aromatic heterocycles. The van der Waals surface area contributed by atoms with E-state index in [0.29, 0.717) is 24.7 Å². The molecule has 15 heteroatoms. The number of rotatable bonds is 12. The Morgan fingerprint density at radius 1 is 0.597 bits per heavy atom. The quantitative estimate of drug-likeness (QED) is 0.0926. The van der Waals surface area contributed by atoms with Gasteiger partial charge in [-0.25, -0.2) is 19.6 Å². The molecule has 0 unspecified atom stereocenters. The number of nitrogens with zero attached hydrogens (tertiary/aromatic N) is 4. The fourth-order valence-electron chi connectivity index (χ4n) is 10.0. The molecular formula is C52H58N8O7. The van der Waals surface area contributed by atoms with Crippen LogP contribution in [0, 0.1) is 23.7 Å². The summed E-state index contributed by atoms with van der Waals surface area (Å²) < 4.78 is 15.9. The van der Waals surface area contributed by atoms with E-state index in [1.807, 2.05) is 62.0 Å². The van der Waals surface area contributed by atoms with Crippen molar-refractivity contribution in [1.82, 2.24) is 40.4 Å². The standard InChI is InChI=1S/C52H58N8O7/c1-27(2)45(57-51(63)65-7)49(61)59-25-29(5)21-39(59)47-53-23-37(55-47)33-13-9-31(10-14-33)35-17-18-36(44-42-20-19-41(67-42)43(35)44)32-11-15-34(16-12-32)38-24-54-48(56-38)40-22-30(6)26-60(40)50(62)46(28(3)4)58-52(64)66-8/h9-20,23-24,27-30,39-40,45-46H,21-22,25-26H2,1-8H3,(H,53,55)(H,54,56)(H,57,63)(H,58,64)/t29-,30-,39+,40+,45+,46+/m1/s1. The number of furan rings is 2. The molecular weight excluding hydrogens is 849 g/mol. The van der Waals surface area contributed by atoms with Crippen LogP contribution in [0.1, 0.15) is 78.1 Å². The second-order valence-corrected chi connectivity index (χ2v) is 19.0. The van der Waals surface area contributed by atoms with Gasteiger partial charge >= 0.3 is 12.2 Å². The lowest BCUT2D eigenvalue weighted by molar-refractivity contribution is -0.136. The number of benzene rings is 4. The molecule has 3 aromatic carbocycles. The Balaban J connectivity index is 0.928. The summed E-state index contributed by atoms with van der Waals surface area (Å²) in [4.78, 5) is 72.0. The first-order valence-corrected chi connectivity index (χ1v) is 23.1. The van der Waals surface area contributed by atoms with Gasteiger partial charge in [0.2, 0.25) is 11.8 Å². The van der Waals surface area contributed by atoms with Crippen LogP contribution in [0.4, 0.5) is 9.59 Å². The molecule has 9 rings (SSSR count). The molecule has 0 saturated carbocycles. The summed E-state index contributed by atoms with van der Waals surface area (Å²) in [5.74, 6) is 1.42. The monoisotopic (exact) mass is 906 g/mol. The second kappa shape index (κ2) is 18.3. The van der Waals surface area contributed by atoms with E-state index in [4.69, 9.17) is 23.9 Å². The van der Waals surface area contributed by atoms with Gasteiger partial charge in [0.1, 0.15) is 34.9 Å². The van der Waals surface area contributed by atoms with E-state index >= 15 is 0 Å². The molecule has 4 amide bonds. The maximum atomic E-state index is 13.8. The number of H-pyrrole nitrogens is 2. The normalized spacial score (nSPS) is 19.4. The molecule has 0 radical (unpaired) electrons. The molecule has 2 saturated heterocycles. The Bertz CT molecular complexity index is 2720. The van der Waals surface area contributed by atoms with Crippen LogP contribution in [0.25, 0.3) is 66.7 Å². The fourth-order valence-corrected chi connectivity index (χ4v) is 10.0. The van der Waals surface area contributed by atoms with Gasteiger partial charge in [0, 0.05) is 23.9 Å². The third kappa shape index (κ3) is 8.58. The number of amides is 4. The van der Waals surface area contributed by atoms with Gasteiger partial charge in [0.05, 0.1) is 50.1 Å².